The lowest BCUT2D eigenvalue weighted by atomic mass is 10.2. The number of hydrogen-bond acceptors (Lipinski definition) is 3. The van der Waals surface area contributed by atoms with Crippen molar-refractivity contribution >= 4 is 6.09 Å². The van der Waals surface area contributed by atoms with E-state index in [2.05, 4.69) is 4.74 Å². The molecule has 0 aliphatic rings. The van der Waals surface area contributed by atoms with Gasteiger partial charge in [-0.05, 0) is 6.92 Å². The van der Waals surface area contributed by atoms with Crippen LogP contribution in [0.3, 0.4) is 0 Å². The number of carbonyl (C=O) groups is 1. The van der Waals surface area contributed by atoms with Crippen LogP contribution in [-0.2, 0) is 4.74 Å². The number of carbonyl (C=O) groups excluding carboxylic acids is 1. The van der Waals surface area contributed by atoms with E-state index in [1.165, 1.54) is 6.92 Å². The maximum absolute atomic E-state index is 12.0. The summed E-state index contributed by atoms with van der Waals surface area (Å²) < 4.78 is 75.6. The highest BCUT2D eigenvalue weighted by molar-refractivity contribution is 5.68. The van der Waals surface area contributed by atoms with Gasteiger partial charge in [0.15, 0.2) is 0 Å². The second kappa shape index (κ2) is 4.36. The molecule has 0 aromatic carbocycles. The molecule has 0 aliphatic heterocycles. The van der Waals surface area contributed by atoms with Crippen molar-refractivity contribution in [2.24, 2.45) is 0 Å². The number of aliphatic hydroxyl groups is 1. The Morgan fingerprint density at radius 3 is 1.81 bits per heavy atom. The summed E-state index contributed by atoms with van der Waals surface area (Å²) in [4.78, 5) is 10.5. The molecule has 16 heavy (non-hydrogen) atoms. The zero-order valence-corrected chi connectivity index (χ0v) is 7.74. The van der Waals surface area contributed by atoms with Crippen LogP contribution in [0, 0.1) is 0 Å². The summed E-state index contributed by atoms with van der Waals surface area (Å²) >= 11 is 0. The van der Waals surface area contributed by atoms with E-state index in [1.807, 2.05) is 0 Å². The third kappa shape index (κ3) is 2.90. The molecule has 0 aromatic heterocycles. The Morgan fingerprint density at radius 1 is 1.19 bits per heavy atom. The highest BCUT2D eigenvalue weighted by atomic mass is 19.4. The molecule has 0 saturated carbocycles. The van der Waals surface area contributed by atoms with Crippen molar-refractivity contribution in [2.45, 2.75) is 25.0 Å². The molecule has 0 spiro atoms. The number of nitrogens with one attached hydrogen (secondary N) is 1. The number of halogens is 6. The molecule has 0 saturated heterocycles. The Labute approximate surface area is 85.2 Å². The Hall–Kier alpha value is -1.19. The lowest BCUT2D eigenvalue weighted by Gasteiger charge is -2.32. The van der Waals surface area contributed by atoms with Gasteiger partial charge in [-0.1, -0.05) is 0 Å². The average Bonchev–Trinajstić information content (AvgIpc) is 1.99. The van der Waals surface area contributed by atoms with Gasteiger partial charge in [-0.3, -0.25) is 5.32 Å². The van der Waals surface area contributed by atoms with Crippen molar-refractivity contribution in [3.63, 3.8) is 0 Å². The van der Waals surface area contributed by atoms with Crippen molar-refractivity contribution in [1.29, 1.82) is 0 Å². The molecule has 0 aromatic rings. The van der Waals surface area contributed by atoms with Gasteiger partial charge in [-0.15, -0.1) is 0 Å². The molecule has 96 valence electrons. The van der Waals surface area contributed by atoms with Crippen LogP contribution < -0.4 is 5.32 Å². The van der Waals surface area contributed by atoms with E-state index in [0.29, 0.717) is 5.32 Å². The molecule has 0 heterocycles. The summed E-state index contributed by atoms with van der Waals surface area (Å²) in [5.74, 6) is 0. The second-order valence-electron chi connectivity index (χ2n) is 2.55. The van der Waals surface area contributed by atoms with E-state index in [0.717, 1.165) is 0 Å². The summed E-state index contributed by atoms with van der Waals surface area (Å²) in [7, 11) is 0. The zero-order valence-electron chi connectivity index (χ0n) is 7.74. The first-order chi connectivity index (χ1) is 6.95. The Balaban J connectivity index is 5.06. The molecule has 0 fully saturated rings. The van der Waals surface area contributed by atoms with Gasteiger partial charge in [0.25, 0.3) is 0 Å². The molecule has 2 N–H and O–H groups in total. The van der Waals surface area contributed by atoms with Crippen LogP contribution >= 0.6 is 0 Å². The minimum absolute atomic E-state index is 0.319. The highest BCUT2D eigenvalue weighted by Gasteiger charge is 2.72. The van der Waals surface area contributed by atoms with Crippen molar-refractivity contribution in [3.8, 4) is 0 Å². The summed E-state index contributed by atoms with van der Waals surface area (Å²) in [6.45, 7) is 0.720. The van der Waals surface area contributed by atoms with Crippen molar-refractivity contribution in [2.75, 3.05) is 6.61 Å². The van der Waals surface area contributed by atoms with Crippen LogP contribution in [0.25, 0.3) is 0 Å². The van der Waals surface area contributed by atoms with E-state index < -0.39 is 30.8 Å². The van der Waals surface area contributed by atoms with Gasteiger partial charge in [-0.2, -0.15) is 26.3 Å². The third-order valence-electron chi connectivity index (χ3n) is 1.38. The molecule has 0 atom stereocenters. The number of amides is 1. The first kappa shape index (κ1) is 14.8. The Morgan fingerprint density at radius 2 is 1.56 bits per heavy atom. The predicted octanol–water partition coefficient (Wildman–Crippen LogP) is 1.55. The van der Waals surface area contributed by atoms with Gasteiger partial charge in [0, 0.05) is 0 Å². The van der Waals surface area contributed by atoms with Gasteiger partial charge >= 0.3 is 24.2 Å². The van der Waals surface area contributed by atoms with Gasteiger partial charge in [-0.25, -0.2) is 4.79 Å². The lowest BCUT2D eigenvalue weighted by molar-refractivity contribution is -0.375. The smallest absolute Gasteiger partial charge is 0.446 e. The lowest BCUT2D eigenvalue weighted by Crippen LogP contribution is -2.67. The molecule has 0 rings (SSSR count). The Bertz CT molecular complexity index is 246. The maximum atomic E-state index is 12.0. The summed E-state index contributed by atoms with van der Waals surface area (Å²) in [6, 6.07) is 0. The SMILES string of the molecule is CCOC(=O)NC(O)(C(F)(F)F)C(F)(F)F. The Kier molecular flexibility index (Phi) is 4.03. The molecule has 4 nitrogen and oxygen atoms in total. The standard InChI is InChI=1S/C6H7F6NO3/c1-2-16-3(14)13-4(15,5(7,8)9)6(10,11)12/h15H,2H2,1H3,(H,13,14). The van der Waals surface area contributed by atoms with Crippen molar-refractivity contribution in [1.82, 2.24) is 5.32 Å². The third-order valence-corrected chi connectivity index (χ3v) is 1.38. The number of alkyl carbamates (subject to hydrolysis) is 1. The fourth-order valence-electron chi connectivity index (χ4n) is 0.617. The monoisotopic (exact) mass is 255 g/mol. The van der Waals surface area contributed by atoms with Gasteiger partial charge in [0.05, 0.1) is 6.61 Å². The largest absolute Gasteiger partial charge is 0.450 e. The second-order valence-corrected chi connectivity index (χ2v) is 2.55. The van der Waals surface area contributed by atoms with Gasteiger partial charge in [0.2, 0.25) is 0 Å². The molecular weight excluding hydrogens is 248 g/mol. The van der Waals surface area contributed by atoms with Crippen LogP contribution in [0.5, 0.6) is 0 Å². The molecule has 0 radical (unpaired) electrons. The fourth-order valence-corrected chi connectivity index (χ4v) is 0.617. The molecular formula is C6H7F6NO3. The first-order valence-electron chi connectivity index (χ1n) is 3.76. The summed E-state index contributed by atoms with van der Waals surface area (Å²) in [6.07, 6.45) is -14.3. The predicted molar refractivity (Wildman–Crippen MR) is 37.2 cm³/mol. The highest BCUT2D eigenvalue weighted by Crippen LogP contribution is 2.40. The molecule has 0 bridgehead atoms. The first-order valence-corrected chi connectivity index (χ1v) is 3.76. The molecule has 0 unspecified atom stereocenters. The molecule has 10 heteroatoms. The van der Waals surface area contributed by atoms with Crippen LogP contribution in [-0.4, -0.2) is 35.9 Å². The van der Waals surface area contributed by atoms with E-state index in [-0.39, 0.29) is 0 Å². The zero-order chi connectivity index (χ0) is 13.2. The molecule has 0 aliphatic carbocycles. The van der Waals surface area contributed by atoms with Gasteiger partial charge in [0.1, 0.15) is 0 Å². The number of alkyl halides is 6. The van der Waals surface area contributed by atoms with E-state index >= 15 is 0 Å². The summed E-state index contributed by atoms with van der Waals surface area (Å²) in [5, 5.41) is 8.74. The van der Waals surface area contributed by atoms with Crippen LogP contribution in [0.4, 0.5) is 31.1 Å². The van der Waals surface area contributed by atoms with E-state index in [9.17, 15) is 31.1 Å². The van der Waals surface area contributed by atoms with Crippen LogP contribution in [0.15, 0.2) is 0 Å². The quantitative estimate of drug-likeness (QED) is 0.581. The van der Waals surface area contributed by atoms with Gasteiger partial charge < -0.3 is 9.84 Å². The topological polar surface area (TPSA) is 58.6 Å². The van der Waals surface area contributed by atoms with Crippen LogP contribution in [0.1, 0.15) is 6.92 Å². The number of rotatable bonds is 2. The number of hydrogen-bond donors (Lipinski definition) is 2. The maximum Gasteiger partial charge on any atom is 0.446 e. The minimum atomic E-state index is -6.11. The summed E-state index contributed by atoms with van der Waals surface area (Å²) in [5.41, 5.74) is -5.33. The normalized spacial score (nSPS) is 13.5. The fraction of sp³-hybridized carbons (Fsp3) is 0.833. The van der Waals surface area contributed by atoms with Crippen molar-refractivity contribution < 1.29 is 41.0 Å². The average molecular weight is 255 g/mol. The minimum Gasteiger partial charge on any atom is -0.450 e. The number of ether oxygens (including phenoxy) is 1. The van der Waals surface area contributed by atoms with Crippen molar-refractivity contribution in [3.05, 3.63) is 0 Å². The molecule has 1 amide bonds. The van der Waals surface area contributed by atoms with E-state index in [4.69, 9.17) is 5.11 Å². The van der Waals surface area contributed by atoms with E-state index in [1.54, 1.807) is 0 Å². The van der Waals surface area contributed by atoms with Crippen LogP contribution in [0.2, 0.25) is 0 Å².